The van der Waals surface area contributed by atoms with Crippen LogP contribution in [0.15, 0.2) is 36.4 Å². The van der Waals surface area contributed by atoms with Gasteiger partial charge in [-0.15, -0.1) is 0 Å². The maximum absolute atomic E-state index is 13.0. The Bertz CT molecular complexity index is 1170. The Morgan fingerprint density at radius 2 is 1.61 bits per heavy atom. The van der Waals surface area contributed by atoms with Gasteiger partial charge in [0.2, 0.25) is 0 Å². The summed E-state index contributed by atoms with van der Waals surface area (Å²) in [6.07, 6.45) is 0.880. The average Bonchev–Trinajstić information content (AvgIpc) is 3.13. The Morgan fingerprint density at radius 3 is 2.17 bits per heavy atom. The van der Waals surface area contributed by atoms with Gasteiger partial charge in [-0.3, -0.25) is 19.3 Å². The van der Waals surface area contributed by atoms with Gasteiger partial charge >= 0.3 is 5.97 Å². The Kier molecular flexibility index (Phi) is 7.28. The number of amides is 3. The summed E-state index contributed by atoms with van der Waals surface area (Å²) in [6.45, 7) is 4.86. The van der Waals surface area contributed by atoms with Gasteiger partial charge in [-0.05, 0) is 49.9 Å². The molecular formula is C27H30N2O7. The molecule has 1 saturated heterocycles. The zero-order valence-corrected chi connectivity index (χ0v) is 20.9. The molecule has 36 heavy (non-hydrogen) atoms. The topological polar surface area (TPSA) is 102 Å². The normalized spacial score (nSPS) is 16.6. The molecule has 1 fully saturated rings. The van der Waals surface area contributed by atoms with Crippen LogP contribution in [-0.4, -0.2) is 66.9 Å². The second-order valence-corrected chi connectivity index (χ2v) is 9.17. The minimum Gasteiger partial charge on any atom is -0.493 e. The summed E-state index contributed by atoms with van der Waals surface area (Å²) >= 11 is 0. The molecule has 0 spiro atoms. The highest BCUT2D eigenvalue weighted by molar-refractivity contribution is 6.21. The Morgan fingerprint density at radius 1 is 1.00 bits per heavy atom. The van der Waals surface area contributed by atoms with Crippen LogP contribution in [-0.2, 0) is 16.1 Å². The molecule has 2 aliphatic heterocycles. The van der Waals surface area contributed by atoms with E-state index in [4.69, 9.17) is 14.2 Å². The van der Waals surface area contributed by atoms with Crippen molar-refractivity contribution in [3.8, 4) is 11.5 Å². The summed E-state index contributed by atoms with van der Waals surface area (Å²) in [5.74, 6) is -0.717. The first-order valence-corrected chi connectivity index (χ1v) is 11.9. The highest BCUT2D eigenvalue weighted by Gasteiger charge is 2.36. The van der Waals surface area contributed by atoms with Gasteiger partial charge in [0.15, 0.2) is 17.6 Å². The standard InChI is InChI=1S/C27H30N2O7/c1-16-9-11-28(12-10-16)24(30)17(2)36-27(33)18-13-19(23(35-4)22(14-18)34-3)15-29-25(31)20-7-5-6-8-21(20)26(29)32/h5-8,13-14,16-17H,9-12,15H2,1-4H3/t17-/m0/s1. The fourth-order valence-corrected chi connectivity index (χ4v) is 4.60. The second-order valence-electron chi connectivity index (χ2n) is 9.17. The van der Waals surface area contributed by atoms with Crippen LogP contribution >= 0.6 is 0 Å². The molecule has 0 bridgehead atoms. The fourth-order valence-electron chi connectivity index (χ4n) is 4.60. The molecule has 2 aromatic carbocycles. The average molecular weight is 495 g/mol. The second kappa shape index (κ2) is 10.4. The lowest BCUT2D eigenvalue weighted by molar-refractivity contribution is -0.141. The third-order valence-electron chi connectivity index (χ3n) is 6.73. The number of hydrogen-bond acceptors (Lipinski definition) is 7. The SMILES string of the molecule is COc1cc(C(=O)O[C@@H](C)C(=O)N2CCC(C)CC2)cc(CN2C(=O)c3ccccc3C2=O)c1OC. The number of benzene rings is 2. The molecule has 0 aromatic heterocycles. The Labute approximate surface area is 209 Å². The highest BCUT2D eigenvalue weighted by Crippen LogP contribution is 2.35. The lowest BCUT2D eigenvalue weighted by Crippen LogP contribution is -2.44. The van der Waals surface area contributed by atoms with Crippen LogP contribution in [0.4, 0.5) is 0 Å². The molecule has 3 amide bonds. The van der Waals surface area contributed by atoms with E-state index >= 15 is 0 Å². The van der Waals surface area contributed by atoms with Crippen LogP contribution in [0.5, 0.6) is 11.5 Å². The van der Waals surface area contributed by atoms with Crippen molar-refractivity contribution in [2.24, 2.45) is 5.92 Å². The van der Waals surface area contributed by atoms with E-state index in [9.17, 15) is 19.2 Å². The lowest BCUT2D eigenvalue weighted by Gasteiger charge is -2.31. The quantitative estimate of drug-likeness (QED) is 0.430. The first kappa shape index (κ1) is 25.2. The lowest BCUT2D eigenvalue weighted by atomic mass is 9.99. The number of fused-ring (bicyclic) bond motifs is 1. The van der Waals surface area contributed by atoms with Crippen molar-refractivity contribution in [1.29, 1.82) is 0 Å². The molecule has 1 atom stereocenters. The number of methoxy groups -OCH3 is 2. The third-order valence-corrected chi connectivity index (χ3v) is 6.73. The van der Waals surface area contributed by atoms with Gasteiger partial charge in [-0.1, -0.05) is 19.1 Å². The molecule has 0 unspecified atom stereocenters. The molecule has 0 aliphatic carbocycles. The molecule has 4 rings (SSSR count). The van der Waals surface area contributed by atoms with Crippen molar-refractivity contribution in [2.75, 3.05) is 27.3 Å². The summed E-state index contributed by atoms with van der Waals surface area (Å²) in [4.78, 5) is 54.4. The number of rotatable bonds is 7. The molecule has 2 aliphatic rings. The van der Waals surface area contributed by atoms with Gasteiger partial charge in [0.05, 0.1) is 37.5 Å². The van der Waals surface area contributed by atoms with Crippen molar-refractivity contribution >= 4 is 23.7 Å². The molecule has 190 valence electrons. The van der Waals surface area contributed by atoms with Gasteiger partial charge < -0.3 is 19.1 Å². The van der Waals surface area contributed by atoms with Gasteiger partial charge in [-0.2, -0.15) is 0 Å². The highest BCUT2D eigenvalue weighted by atomic mass is 16.5. The summed E-state index contributed by atoms with van der Waals surface area (Å²) < 4.78 is 16.4. The van der Waals surface area contributed by atoms with E-state index < -0.39 is 23.9 Å². The Balaban J connectivity index is 1.56. The molecule has 0 radical (unpaired) electrons. The number of ether oxygens (including phenoxy) is 3. The first-order valence-electron chi connectivity index (χ1n) is 11.9. The predicted molar refractivity (Wildman–Crippen MR) is 130 cm³/mol. The Hall–Kier alpha value is -3.88. The zero-order valence-electron chi connectivity index (χ0n) is 20.9. The predicted octanol–water partition coefficient (Wildman–Crippen LogP) is 3.30. The maximum atomic E-state index is 13.0. The van der Waals surface area contributed by atoms with Crippen LogP contribution in [0, 0.1) is 5.92 Å². The van der Waals surface area contributed by atoms with Crippen molar-refractivity contribution in [3.63, 3.8) is 0 Å². The van der Waals surface area contributed by atoms with E-state index in [2.05, 4.69) is 6.92 Å². The minimum atomic E-state index is -0.960. The summed E-state index contributed by atoms with van der Waals surface area (Å²) in [6, 6.07) is 9.53. The van der Waals surface area contributed by atoms with Gasteiger partial charge in [0.1, 0.15) is 0 Å². The zero-order chi connectivity index (χ0) is 26.0. The number of piperidine rings is 1. The van der Waals surface area contributed by atoms with E-state index in [1.54, 1.807) is 36.1 Å². The fraction of sp³-hybridized carbons (Fsp3) is 0.407. The van der Waals surface area contributed by atoms with Crippen LogP contribution in [0.2, 0.25) is 0 Å². The van der Waals surface area contributed by atoms with Gasteiger partial charge in [0.25, 0.3) is 17.7 Å². The molecule has 9 nitrogen and oxygen atoms in total. The van der Waals surface area contributed by atoms with Crippen molar-refractivity contribution in [3.05, 3.63) is 58.7 Å². The molecule has 2 heterocycles. The van der Waals surface area contributed by atoms with Crippen LogP contribution < -0.4 is 9.47 Å². The van der Waals surface area contributed by atoms with Crippen LogP contribution in [0.3, 0.4) is 0 Å². The van der Waals surface area contributed by atoms with Gasteiger partial charge in [-0.25, -0.2) is 4.79 Å². The van der Waals surface area contributed by atoms with E-state index in [1.165, 1.54) is 26.4 Å². The monoisotopic (exact) mass is 494 g/mol. The molecule has 0 N–H and O–H groups in total. The largest absolute Gasteiger partial charge is 0.493 e. The number of carbonyl (C=O) groups is 4. The smallest absolute Gasteiger partial charge is 0.339 e. The van der Waals surface area contributed by atoms with E-state index in [0.29, 0.717) is 35.7 Å². The number of hydrogen-bond donors (Lipinski definition) is 0. The summed E-state index contributed by atoms with van der Waals surface area (Å²) in [5, 5.41) is 0. The van der Waals surface area contributed by atoms with E-state index in [1.807, 2.05) is 0 Å². The molecule has 0 saturated carbocycles. The number of nitrogens with zero attached hydrogens (tertiary/aromatic N) is 2. The molecular weight excluding hydrogens is 464 g/mol. The van der Waals surface area contributed by atoms with Crippen LogP contribution in [0.25, 0.3) is 0 Å². The van der Waals surface area contributed by atoms with E-state index in [0.717, 1.165) is 17.7 Å². The molecule has 2 aromatic rings. The number of carbonyl (C=O) groups excluding carboxylic acids is 4. The van der Waals surface area contributed by atoms with E-state index in [-0.39, 0.29) is 29.5 Å². The minimum absolute atomic E-state index is 0.117. The summed E-state index contributed by atoms with van der Waals surface area (Å²) in [5.41, 5.74) is 1.15. The van der Waals surface area contributed by atoms with Crippen molar-refractivity contribution in [1.82, 2.24) is 9.80 Å². The first-order chi connectivity index (χ1) is 17.2. The van der Waals surface area contributed by atoms with Crippen LogP contribution in [0.1, 0.15) is 63.3 Å². The third kappa shape index (κ3) is 4.78. The summed E-state index contributed by atoms with van der Waals surface area (Å²) in [7, 11) is 2.85. The van der Waals surface area contributed by atoms with Crippen molar-refractivity contribution < 1.29 is 33.4 Å². The number of likely N-dealkylation sites (tertiary alicyclic amines) is 1. The maximum Gasteiger partial charge on any atom is 0.339 e. The van der Waals surface area contributed by atoms with Crippen molar-refractivity contribution in [2.45, 2.75) is 39.3 Å². The van der Waals surface area contributed by atoms with Gasteiger partial charge in [0, 0.05) is 18.7 Å². The number of imide groups is 1. The molecule has 9 heteroatoms. The number of esters is 1.